The molecular weight excluding hydrogens is 391 g/mol. The highest BCUT2D eigenvalue weighted by atomic mass is 19.1. The molecule has 156 valence electrons. The number of urea groups is 1. The first-order valence-electron chi connectivity index (χ1n) is 9.46. The van der Waals surface area contributed by atoms with Crippen LogP contribution in [0.2, 0.25) is 0 Å². The summed E-state index contributed by atoms with van der Waals surface area (Å²) in [5, 5.41) is 6.74. The van der Waals surface area contributed by atoms with Gasteiger partial charge in [0.15, 0.2) is 0 Å². The summed E-state index contributed by atoms with van der Waals surface area (Å²) >= 11 is 0. The third kappa shape index (κ3) is 4.74. The van der Waals surface area contributed by atoms with Crippen LogP contribution in [0.4, 0.5) is 9.18 Å². The fourth-order valence-electron chi connectivity index (χ4n) is 3.00. The molecule has 2 heterocycles. The number of carbonyl (C=O) groups is 1. The summed E-state index contributed by atoms with van der Waals surface area (Å²) in [4.78, 5) is 18.1. The second-order valence-electron chi connectivity index (χ2n) is 6.90. The molecule has 3 aromatic rings. The molecule has 1 aromatic heterocycles. The lowest BCUT2D eigenvalue weighted by Gasteiger charge is -2.38. The summed E-state index contributed by atoms with van der Waals surface area (Å²) in [5.41, 5.74) is 1.65. The van der Waals surface area contributed by atoms with E-state index >= 15 is 0 Å². The van der Waals surface area contributed by atoms with Crippen molar-refractivity contribution in [3.8, 4) is 17.1 Å². The minimum atomic E-state index is -0.297. The number of halogens is 1. The maximum Gasteiger partial charge on any atom is 0.317 e. The highest BCUT2D eigenvalue weighted by molar-refractivity contribution is 5.75. The molecule has 9 heteroatoms. The van der Waals surface area contributed by atoms with Crippen LogP contribution in [0.15, 0.2) is 53.1 Å². The van der Waals surface area contributed by atoms with Gasteiger partial charge in [-0.3, -0.25) is 0 Å². The van der Waals surface area contributed by atoms with E-state index in [-0.39, 0.29) is 24.6 Å². The van der Waals surface area contributed by atoms with Crippen LogP contribution in [-0.2, 0) is 17.9 Å². The standard InChI is InChI=1S/C21H21FN4O4/c1-28-13-19-24-20(25-30-19)15-4-8-17(9-5-15)29-18-11-26(12-18)21(27)23-10-14-2-6-16(22)7-3-14/h2-9,18H,10-13H2,1H3,(H,23,27). The summed E-state index contributed by atoms with van der Waals surface area (Å²) in [6, 6.07) is 13.2. The molecule has 1 N–H and O–H groups in total. The van der Waals surface area contributed by atoms with Gasteiger partial charge in [0.25, 0.3) is 5.89 Å². The zero-order chi connectivity index (χ0) is 20.9. The highest BCUT2D eigenvalue weighted by Crippen LogP contribution is 2.23. The van der Waals surface area contributed by atoms with Gasteiger partial charge in [0.1, 0.15) is 24.3 Å². The maximum atomic E-state index is 12.9. The van der Waals surface area contributed by atoms with Gasteiger partial charge in [-0.05, 0) is 42.0 Å². The summed E-state index contributed by atoms with van der Waals surface area (Å²) < 4.78 is 28.9. The van der Waals surface area contributed by atoms with Crippen LogP contribution >= 0.6 is 0 Å². The molecule has 8 nitrogen and oxygen atoms in total. The van der Waals surface area contributed by atoms with Gasteiger partial charge in [-0.2, -0.15) is 4.98 Å². The maximum absolute atomic E-state index is 12.9. The Hall–Kier alpha value is -3.46. The Bertz CT molecular complexity index is 985. The van der Waals surface area contributed by atoms with Gasteiger partial charge in [0, 0.05) is 19.2 Å². The second-order valence-corrected chi connectivity index (χ2v) is 6.90. The summed E-state index contributed by atoms with van der Waals surface area (Å²) in [5.74, 6) is 1.31. The average molecular weight is 412 g/mol. The van der Waals surface area contributed by atoms with E-state index in [9.17, 15) is 9.18 Å². The number of carbonyl (C=O) groups excluding carboxylic acids is 1. The first-order valence-corrected chi connectivity index (χ1v) is 9.46. The van der Waals surface area contributed by atoms with Crippen molar-refractivity contribution in [2.75, 3.05) is 20.2 Å². The number of benzene rings is 2. The van der Waals surface area contributed by atoms with Crippen LogP contribution in [0.25, 0.3) is 11.4 Å². The Balaban J connectivity index is 1.22. The third-order valence-electron chi connectivity index (χ3n) is 4.64. The number of hydrogen-bond donors (Lipinski definition) is 1. The Labute approximate surface area is 172 Å². The van der Waals surface area contributed by atoms with Gasteiger partial charge in [-0.25, -0.2) is 9.18 Å². The van der Waals surface area contributed by atoms with Crippen molar-refractivity contribution in [1.29, 1.82) is 0 Å². The van der Waals surface area contributed by atoms with Crippen molar-refractivity contribution in [3.05, 3.63) is 65.8 Å². The van der Waals surface area contributed by atoms with E-state index in [2.05, 4.69) is 15.5 Å². The normalized spacial score (nSPS) is 13.7. The molecule has 0 bridgehead atoms. The fraction of sp³-hybridized carbons (Fsp3) is 0.286. The molecule has 0 radical (unpaired) electrons. The Morgan fingerprint density at radius 1 is 1.20 bits per heavy atom. The van der Waals surface area contributed by atoms with Gasteiger partial charge in [0.05, 0.1) is 13.1 Å². The molecule has 0 unspecified atom stereocenters. The number of amides is 2. The van der Waals surface area contributed by atoms with Crippen LogP contribution in [0.5, 0.6) is 5.75 Å². The first-order chi connectivity index (χ1) is 14.6. The van der Waals surface area contributed by atoms with Crippen LogP contribution in [0.1, 0.15) is 11.5 Å². The van der Waals surface area contributed by atoms with E-state index in [1.165, 1.54) is 12.1 Å². The number of hydrogen-bond acceptors (Lipinski definition) is 6. The lowest BCUT2D eigenvalue weighted by molar-refractivity contribution is 0.0443. The van der Waals surface area contributed by atoms with Gasteiger partial charge in [-0.1, -0.05) is 17.3 Å². The minimum Gasteiger partial charge on any atom is -0.487 e. The molecule has 0 atom stereocenters. The van der Waals surface area contributed by atoms with Crippen molar-refractivity contribution in [2.45, 2.75) is 19.3 Å². The van der Waals surface area contributed by atoms with Crippen LogP contribution in [-0.4, -0.2) is 47.4 Å². The van der Waals surface area contributed by atoms with Gasteiger partial charge in [0.2, 0.25) is 5.82 Å². The number of methoxy groups -OCH3 is 1. The predicted octanol–water partition coefficient (Wildman–Crippen LogP) is 2.99. The molecule has 4 rings (SSSR count). The van der Waals surface area contributed by atoms with E-state index in [0.717, 1.165) is 11.1 Å². The number of ether oxygens (including phenoxy) is 2. The summed E-state index contributed by atoms with van der Waals surface area (Å²) in [6.45, 7) is 1.62. The van der Waals surface area contributed by atoms with Crippen LogP contribution < -0.4 is 10.1 Å². The zero-order valence-corrected chi connectivity index (χ0v) is 16.4. The molecule has 30 heavy (non-hydrogen) atoms. The fourth-order valence-corrected chi connectivity index (χ4v) is 3.00. The molecule has 1 aliphatic heterocycles. The lowest BCUT2D eigenvalue weighted by atomic mass is 10.1. The molecule has 0 aliphatic carbocycles. The van der Waals surface area contributed by atoms with Crippen molar-refractivity contribution < 1.29 is 23.2 Å². The van der Waals surface area contributed by atoms with Crippen LogP contribution in [0, 0.1) is 5.82 Å². The molecule has 0 saturated carbocycles. The lowest BCUT2D eigenvalue weighted by Crippen LogP contribution is -2.58. The average Bonchev–Trinajstić information content (AvgIpc) is 3.19. The Morgan fingerprint density at radius 3 is 2.63 bits per heavy atom. The van der Waals surface area contributed by atoms with E-state index in [4.69, 9.17) is 14.0 Å². The van der Waals surface area contributed by atoms with Crippen molar-refractivity contribution in [1.82, 2.24) is 20.4 Å². The smallest absolute Gasteiger partial charge is 0.317 e. The topological polar surface area (TPSA) is 89.7 Å². The number of nitrogens with one attached hydrogen (secondary N) is 1. The van der Waals surface area contributed by atoms with Crippen molar-refractivity contribution in [3.63, 3.8) is 0 Å². The molecule has 1 saturated heterocycles. The minimum absolute atomic E-state index is 0.0640. The van der Waals surface area contributed by atoms with Crippen LogP contribution in [0.3, 0.4) is 0 Å². The second kappa shape index (κ2) is 8.91. The number of nitrogens with zero attached hydrogens (tertiary/aromatic N) is 3. The van der Waals surface area contributed by atoms with E-state index < -0.39 is 0 Å². The quantitative estimate of drug-likeness (QED) is 0.642. The molecule has 1 fully saturated rings. The summed E-state index contributed by atoms with van der Waals surface area (Å²) in [7, 11) is 1.56. The van der Waals surface area contributed by atoms with Gasteiger partial charge in [-0.15, -0.1) is 0 Å². The largest absolute Gasteiger partial charge is 0.487 e. The molecule has 0 spiro atoms. The molecule has 1 aliphatic rings. The van der Waals surface area contributed by atoms with Crippen molar-refractivity contribution >= 4 is 6.03 Å². The zero-order valence-electron chi connectivity index (χ0n) is 16.4. The Morgan fingerprint density at radius 2 is 1.93 bits per heavy atom. The summed E-state index contributed by atoms with van der Waals surface area (Å²) in [6.07, 6.45) is -0.0640. The number of rotatable bonds is 7. The molecule has 2 amide bonds. The molecule has 2 aromatic carbocycles. The predicted molar refractivity (Wildman–Crippen MR) is 105 cm³/mol. The van der Waals surface area contributed by atoms with E-state index in [1.807, 2.05) is 24.3 Å². The molecular formula is C21H21FN4O4. The SMILES string of the molecule is COCc1nc(-c2ccc(OC3CN(C(=O)NCc4ccc(F)cc4)C3)cc2)no1. The first kappa shape index (κ1) is 19.8. The van der Waals surface area contributed by atoms with E-state index in [1.54, 1.807) is 24.1 Å². The Kier molecular flexibility index (Phi) is 5.89. The van der Waals surface area contributed by atoms with Gasteiger partial charge < -0.3 is 24.2 Å². The third-order valence-corrected chi connectivity index (χ3v) is 4.64. The van der Waals surface area contributed by atoms with E-state index in [0.29, 0.717) is 37.1 Å². The highest BCUT2D eigenvalue weighted by Gasteiger charge is 2.32. The van der Waals surface area contributed by atoms with Crippen molar-refractivity contribution in [2.24, 2.45) is 0 Å². The van der Waals surface area contributed by atoms with Gasteiger partial charge >= 0.3 is 6.03 Å². The monoisotopic (exact) mass is 412 g/mol. The number of aromatic nitrogens is 2. The number of likely N-dealkylation sites (tertiary alicyclic amines) is 1.